The Morgan fingerprint density at radius 2 is 0.955 bits per heavy atom. The Balaban J connectivity index is 2.43. The third kappa shape index (κ3) is 35.9. The lowest BCUT2D eigenvalue weighted by Gasteiger charge is -2.40. The average molecular weight is 949 g/mol. The van der Waals surface area contributed by atoms with Gasteiger partial charge in [0.2, 0.25) is 0 Å². The van der Waals surface area contributed by atoms with Gasteiger partial charge in [-0.2, -0.15) is 8.42 Å². The smallest absolute Gasteiger partial charge is 0.306 e. The fraction of sp³-hybridized carbons (Fsp3) is 0.698. The van der Waals surface area contributed by atoms with Gasteiger partial charge < -0.3 is 34.3 Å². The van der Waals surface area contributed by atoms with Crippen molar-refractivity contribution in [1.82, 2.24) is 0 Å². The van der Waals surface area contributed by atoms with E-state index in [1.165, 1.54) is 57.8 Å². The number of aliphatic hydroxyl groups is 3. The fourth-order valence-corrected chi connectivity index (χ4v) is 7.78. The largest absolute Gasteiger partial charge is 0.462 e. The van der Waals surface area contributed by atoms with Crippen molar-refractivity contribution in [2.75, 3.05) is 19.0 Å². The molecule has 0 amide bonds. The van der Waals surface area contributed by atoms with E-state index in [1.54, 1.807) is 0 Å². The standard InChI is InChI=1S/C53H88O12S/c1-3-5-7-9-11-13-15-17-19-21-23-25-27-29-31-33-35-37-39-41-48(54)62-43-46(44-63-53-52(58)51(57)50(56)47(65-53)45-66(59,60)61)64-49(55)42-40-38-36-34-32-30-28-26-24-22-20-18-16-14-12-10-8-6-4-2/h6,8,11-14,17-20,24,26,30,32,46-47,50-53,56-58H,3-5,7,9-10,15-16,21-23,25,27-29,31,33-45H2,1-2H3,(H,59,60,61)/b8-6+,13-11+,14-12+,19-17+,20-18+,26-24+,32-30+/t46-,47-,50-,51?,52?,53+/m1/s1. The molecular formula is C53H88O12S. The van der Waals surface area contributed by atoms with Gasteiger partial charge in [0.05, 0.1) is 6.61 Å². The second-order valence-electron chi connectivity index (χ2n) is 17.1. The van der Waals surface area contributed by atoms with Crippen molar-refractivity contribution in [3.05, 3.63) is 85.1 Å². The minimum absolute atomic E-state index is 0.120. The number of rotatable bonds is 41. The van der Waals surface area contributed by atoms with Crippen molar-refractivity contribution >= 4 is 22.1 Å². The molecule has 1 rings (SSSR count). The second-order valence-corrected chi connectivity index (χ2v) is 18.6. The Morgan fingerprint density at radius 1 is 0.530 bits per heavy atom. The summed E-state index contributed by atoms with van der Waals surface area (Å²) in [6.45, 7) is 3.60. The SMILES string of the molecule is CC/C=C/C/C=C/C/C=C/C/C=C/C/C=C/CCCCCC(=O)O[C@H](COC(=O)CCCCCCCCCCC/C=C/C/C=C/CCCCC)CO[C@H]1O[C@H](CS(=O)(=O)O)[C@@H](O)C(O)C1O. The average Bonchev–Trinajstić information content (AvgIpc) is 3.28. The predicted octanol–water partition coefficient (Wildman–Crippen LogP) is 11.2. The number of carbonyl (C=O) groups is 2. The van der Waals surface area contributed by atoms with Crippen LogP contribution in [0.1, 0.15) is 181 Å². The first kappa shape index (κ1) is 60.8. The maximum absolute atomic E-state index is 12.9. The van der Waals surface area contributed by atoms with Crippen molar-refractivity contribution in [3.8, 4) is 0 Å². The minimum Gasteiger partial charge on any atom is -0.462 e. The Bertz CT molecular complexity index is 1530. The van der Waals surface area contributed by atoms with Gasteiger partial charge in [-0.25, -0.2) is 0 Å². The molecule has 0 bridgehead atoms. The number of ether oxygens (including phenoxy) is 4. The molecule has 66 heavy (non-hydrogen) atoms. The lowest BCUT2D eigenvalue weighted by Crippen LogP contribution is -2.60. The first-order valence-corrected chi connectivity index (χ1v) is 26.8. The van der Waals surface area contributed by atoms with Crippen molar-refractivity contribution in [2.45, 2.75) is 218 Å². The predicted molar refractivity (Wildman–Crippen MR) is 265 cm³/mol. The summed E-state index contributed by atoms with van der Waals surface area (Å²) in [5, 5.41) is 31.0. The first-order chi connectivity index (χ1) is 32.0. The van der Waals surface area contributed by atoms with Crippen LogP contribution in [0.3, 0.4) is 0 Å². The van der Waals surface area contributed by atoms with Crippen LogP contribution in [0.5, 0.6) is 0 Å². The molecule has 0 aromatic rings. The van der Waals surface area contributed by atoms with E-state index in [4.69, 9.17) is 18.9 Å². The van der Waals surface area contributed by atoms with Crippen molar-refractivity contribution in [2.24, 2.45) is 0 Å². The van der Waals surface area contributed by atoms with Crippen LogP contribution in [0.15, 0.2) is 85.1 Å². The normalized spacial score (nSPS) is 20.1. The molecule has 2 unspecified atom stereocenters. The van der Waals surface area contributed by atoms with Crippen LogP contribution in [0, 0.1) is 0 Å². The molecule has 378 valence electrons. The van der Waals surface area contributed by atoms with Gasteiger partial charge in [0, 0.05) is 12.8 Å². The molecule has 0 aromatic carbocycles. The number of carbonyl (C=O) groups excluding carboxylic acids is 2. The van der Waals surface area contributed by atoms with Gasteiger partial charge in [-0.15, -0.1) is 0 Å². The van der Waals surface area contributed by atoms with E-state index in [0.717, 1.165) is 83.5 Å². The van der Waals surface area contributed by atoms with E-state index < -0.39 is 71.2 Å². The Kier molecular flexibility index (Phi) is 38.7. The minimum atomic E-state index is -4.62. The lowest BCUT2D eigenvalue weighted by molar-refractivity contribution is -0.297. The van der Waals surface area contributed by atoms with Crippen LogP contribution < -0.4 is 0 Å². The van der Waals surface area contributed by atoms with Crippen LogP contribution in [0.2, 0.25) is 0 Å². The zero-order chi connectivity index (χ0) is 48.4. The van der Waals surface area contributed by atoms with E-state index in [0.29, 0.717) is 12.8 Å². The van der Waals surface area contributed by atoms with E-state index >= 15 is 0 Å². The maximum atomic E-state index is 12.9. The van der Waals surface area contributed by atoms with Crippen LogP contribution in [-0.2, 0) is 38.7 Å². The molecular weight excluding hydrogens is 861 g/mol. The second kappa shape index (κ2) is 42.0. The molecule has 0 spiro atoms. The number of unbranched alkanes of at least 4 members (excludes halogenated alkanes) is 15. The highest BCUT2D eigenvalue weighted by Gasteiger charge is 2.46. The number of allylic oxidation sites excluding steroid dienone is 14. The molecule has 12 nitrogen and oxygen atoms in total. The lowest BCUT2D eigenvalue weighted by atomic mass is 10.00. The number of hydrogen-bond donors (Lipinski definition) is 4. The summed E-state index contributed by atoms with van der Waals surface area (Å²) in [4.78, 5) is 25.5. The third-order valence-corrected chi connectivity index (χ3v) is 11.7. The quantitative estimate of drug-likeness (QED) is 0.0197. The van der Waals surface area contributed by atoms with Crippen LogP contribution in [-0.4, -0.2) is 96.0 Å². The molecule has 6 atom stereocenters. The van der Waals surface area contributed by atoms with Gasteiger partial charge in [0.1, 0.15) is 36.8 Å². The molecule has 0 radical (unpaired) electrons. The topological polar surface area (TPSA) is 186 Å². The summed E-state index contributed by atoms with van der Waals surface area (Å²) < 4.78 is 54.2. The molecule has 1 aliphatic rings. The van der Waals surface area contributed by atoms with E-state index in [-0.39, 0.29) is 19.4 Å². The van der Waals surface area contributed by atoms with Gasteiger partial charge in [0.25, 0.3) is 10.1 Å². The summed E-state index contributed by atoms with van der Waals surface area (Å²) in [6.07, 6.45) is 46.1. The summed E-state index contributed by atoms with van der Waals surface area (Å²) in [5.74, 6) is -2.04. The van der Waals surface area contributed by atoms with Crippen LogP contribution >= 0.6 is 0 Å². The monoisotopic (exact) mass is 949 g/mol. The molecule has 1 fully saturated rings. The fourth-order valence-electron chi connectivity index (χ4n) is 7.09. The van der Waals surface area contributed by atoms with Crippen molar-refractivity contribution in [1.29, 1.82) is 0 Å². The van der Waals surface area contributed by atoms with Gasteiger partial charge in [-0.05, 0) is 89.9 Å². The van der Waals surface area contributed by atoms with Crippen LogP contribution in [0.25, 0.3) is 0 Å². The maximum Gasteiger partial charge on any atom is 0.306 e. The molecule has 1 heterocycles. The van der Waals surface area contributed by atoms with Gasteiger partial charge >= 0.3 is 11.9 Å². The number of hydrogen-bond acceptors (Lipinski definition) is 11. The molecule has 1 aliphatic heterocycles. The first-order valence-electron chi connectivity index (χ1n) is 25.1. The van der Waals surface area contributed by atoms with Gasteiger partial charge in [0.15, 0.2) is 12.4 Å². The van der Waals surface area contributed by atoms with Gasteiger partial charge in [-0.3, -0.25) is 14.1 Å². The molecule has 0 aliphatic carbocycles. The summed E-state index contributed by atoms with van der Waals surface area (Å²) >= 11 is 0. The Labute approximate surface area is 399 Å². The third-order valence-electron chi connectivity index (χ3n) is 11.0. The molecule has 0 saturated carbocycles. The molecule has 4 N–H and O–H groups in total. The summed E-state index contributed by atoms with van der Waals surface area (Å²) in [6, 6.07) is 0. The summed E-state index contributed by atoms with van der Waals surface area (Å²) in [7, 11) is -4.62. The van der Waals surface area contributed by atoms with Crippen molar-refractivity contribution < 1.29 is 56.8 Å². The highest BCUT2D eigenvalue weighted by molar-refractivity contribution is 7.85. The van der Waals surface area contributed by atoms with E-state index in [2.05, 4.69) is 98.9 Å². The zero-order valence-corrected chi connectivity index (χ0v) is 41.3. The van der Waals surface area contributed by atoms with Gasteiger partial charge in [-0.1, -0.05) is 163 Å². The number of aliphatic hydroxyl groups excluding tert-OH is 3. The van der Waals surface area contributed by atoms with Crippen molar-refractivity contribution in [3.63, 3.8) is 0 Å². The molecule has 1 saturated heterocycles. The highest BCUT2D eigenvalue weighted by atomic mass is 32.2. The van der Waals surface area contributed by atoms with E-state index in [9.17, 15) is 37.9 Å². The molecule has 13 heteroatoms. The zero-order valence-electron chi connectivity index (χ0n) is 40.5. The Morgan fingerprint density at radius 3 is 1.44 bits per heavy atom. The highest BCUT2D eigenvalue weighted by Crippen LogP contribution is 2.24. The van der Waals surface area contributed by atoms with Crippen LogP contribution in [0.4, 0.5) is 0 Å². The molecule has 0 aromatic heterocycles. The number of esters is 2. The van der Waals surface area contributed by atoms with E-state index in [1.807, 2.05) is 0 Å². The summed E-state index contributed by atoms with van der Waals surface area (Å²) in [5.41, 5.74) is 0. The Hall–Kier alpha value is -3.17.